The maximum Gasteiger partial charge on any atom is 0.534 e. The number of aromatic nitrogens is 3. The highest BCUT2D eigenvalue weighted by molar-refractivity contribution is 7.88. The highest BCUT2D eigenvalue weighted by atomic mass is 32.2. The Hall–Kier alpha value is -2.08. The van der Waals surface area contributed by atoms with Gasteiger partial charge in [0.05, 0.1) is 11.7 Å². The maximum atomic E-state index is 12.6. The quantitative estimate of drug-likeness (QED) is 0.593. The molecule has 25 heavy (non-hydrogen) atoms. The molecule has 1 atom stereocenters. The van der Waals surface area contributed by atoms with E-state index in [2.05, 4.69) is 9.28 Å². The van der Waals surface area contributed by atoms with E-state index in [1.54, 1.807) is 0 Å². The van der Waals surface area contributed by atoms with Gasteiger partial charge in [-0.1, -0.05) is 0 Å². The molecule has 2 aromatic rings. The van der Waals surface area contributed by atoms with E-state index in [0.29, 0.717) is 19.1 Å². The van der Waals surface area contributed by atoms with Gasteiger partial charge in [-0.25, -0.2) is 4.68 Å². The van der Waals surface area contributed by atoms with Crippen LogP contribution < -0.4 is 9.74 Å². The van der Waals surface area contributed by atoms with E-state index >= 15 is 0 Å². The minimum Gasteiger partial charge on any atom is -0.373 e. The molecule has 0 spiro atoms. The Balaban J connectivity index is 2.11. The Morgan fingerprint density at radius 3 is 2.68 bits per heavy atom. The third-order valence-electron chi connectivity index (χ3n) is 3.83. The van der Waals surface area contributed by atoms with Crippen LogP contribution in [0, 0.1) is 0 Å². The SMILES string of the molecule is Cn1c(=O)cc(OS(=O)(=O)C(F)(F)F)c2nn(C3CCCCO3)cc21. The zero-order valence-corrected chi connectivity index (χ0v) is 13.8. The van der Waals surface area contributed by atoms with E-state index in [0.717, 1.165) is 17.4 Å². The summed E-state index contributed by atoms with van der Waals surface area (Å²) in [6.45, 7) is 0.506. The van der Waals surface area contributed by atoms with Gasteiger partial charge in [0.1, 0.15) is 6.23 Å². The molecule has 0 amide bonds. The summed E-state index contributed by atoms with van der Waals surface area (Å²) in [6, 6.07) is 0.657. The maximum absolute atomic E-state index is 12.6. The van der Waals surface area contributed by atoms with Crippen molar-refractivity contribution in [3.8, 4) is 5.75 Å². The zero-order chi connectivity index (χ0) is 18.4. The minimum absolute atomic E-state index is 0.133. The fourth-order valence-corrected chi connectivity index (χ4v) is 2.97. The van der Waals surface area contributed by atoms with Crippen LogP contribution in [0.1, 0.15) is 25.5 Å². The largest absolute Gasteiger partial charge is 0.534 e. The number of alkyl halides is 3. The standard InChI is InChI=1S/C13H14F3N3O5S/c1-18-8-7-19(11-4-2-3-5-23-11)17-12(8)9(6-10(18)20)24-25(21,22)13(14,15)16/h6-7,11H,2-5H2,1H3. The Morgan fingerprint density at radius 1 is 1.36 bits per heavy atom. The fourth-order valence-electron chi connectivity index (χ4n) is 2.51. The first-order chi connectivity index (χ1) is 11.6. The van der Waals surface area contributed by atoms with Crippen LogP contribution in [0.2, 0.25) is 0 Å². The fraction of sp³-hybridized carbons (Fsp3) is 0.538. The van der Waals surface area contributed by atoms with Crippen LogP contribution in [0.5, 0.6) is 5.75 Å². The van der Waals surface area contributed by atoms with Crippen molar-refractivity contribution in [2.24, 2.45) is 7.05 Å². The highest BCUT2D eigenvalue weighted by Gasteiger charge is 2.49. The van der Waals surface area contributed by atoms with Gasteiger partial charge in [0.25, 0.3) is 5.56 Å². The monoisotopic (exact) mass is 381 g/mol. The van der Waals surface area contributed by atoms with Crippen LogP contribution >= 0.6 is 0 Å². The van der Waals surface area contributed by atoms with E-state index in [1.165, 1.54) is 17.9 Å². The van der Waals surface area contributed by atoms with Gasteiger partial charge in [0.15, 0.2) is 11.3 Å². The van der Waals surface area contributed by atoms with Gasteiger partial charge in [-0.05, 0) is 19.3 Å². The number of nitrogens with zero attached hydrogens (tertiary/aromatic N) is 3. The second-order valence-electron chi connectivity index (χ2n) is 5.55. The van der Waals surface area contributed by atoms with Gasteiger partial charge in [-0.3, -0.25) is 4.79 Å². The molecule has 0 saturated carbocycles. The molecule has 1 fully saturated rings. The van der Waals surface area contributed by atoms with Crippen LogP contribution in [-0.4, -0.2) is 34.9 Å². The number of halogens is 3. The third-order valence-corrected chi connectivity index (χ3v) is 4.79. The van der Waals surface area contributed by atoms with Crippen LogP contribution in [0.3, 0.4) is 0 Å². The van der Waals surface area contributed by atoms with E-state index in [4.69, 9.17) is 4.74 Å². The predicted octanol–water partition coefficient (Wildman–Crippen LogP) is 1.66. The lowest BCUT2D eigenvalue weighted by Gasteiger charge is -2.22. The molecular weight excluding hydrogens is 367 g/mol. The zero-order valence-electron chi connectivity index (χ0n) is 13.0. The van der Waals surface area contributed by atoms with E-state index < -0.39 is 33.2 Å². The van der Waals surface area contributed by atoms with Crippen LogP contribution in [-0.2, 0) is 21.9 Å². The van der Waals surface area contributed by atoms with Crippen molar-refractivity contribution in [1.29, 1.82) is 0 Å². The van der Waals surface area contributed by atoms with E-state index in [9.17, 15) is 26.4 Å². The number of pyridine rings is 1. The first kappa shape index (κ1) is 17.7. The average molecular weight is 381 g/mol. The molecule has 1 aliphatic rings. The summed E-state index contributed by atoms with van der Waals surface area (Å²) >= 11 is 0. The number of rotatable bonds is 3. The van der Waals surface area contributed by atoms with Gasteiger partial charge in [0, 0.05) is 19.7 Å². The lowest BCUT2D eigenvalue weighted by Crippen LogP contribution is -2.29. The summed E-state index contributed by atoms with van der Waals surface area (Å²) < 4.78 is 72.3. The van der Waals surface area contributed by atoms with Gasteiger partial charge >= 0.3 is 15.6 Å². The molecular formula is C13H14F3N3O5S. The normalized spacial score (nSPS) is 19.3. The summed E-state index contributed by atoms with van der Waals surface area (Å²) in [5.74, 6) is -0.773. The molecule has 1 saturated heterocycles. The minimum atomic E-state index is -5.92. The molecule has 1 unspecified atom stereocenters. The molecule has 1 aliphatic heterocycles. The first-order valence-corrected chi connectivity index (χ1v) is 8.72. The summed E-state index contributed by atoms with van der Waals surface area (Å²) in [7, 11) is -4.53. The van der Waals surface area contributed by atoms with Crippen molar-refractivity contribution in [2.75, 3.05) is 6.61 Å². The van der Waals surface area contributed by atoms with E-state index in [1.807, 2.05) is 0 Å². The molecule has 0 aromatic carbocycles. The second-order valence-corrected chi connectivity index (χ2v) is 7.09. The molecule has 3 heterocycles. The lowest BCUT2D eigenvalue weighted by molar-refractivity contribution is -0.0500. The molecule has 138 valence electrons. The molecule has 0 radical (unpaired) electrons. The van der Waals surface area contributed by atoms with Gasteiger partial charge in [-0.2, -0.15) is 26.7 Å². The molecule has 0 aliphatic carbocycles. The van der Waals surface area contributed by atoms with Gasteiger partial charge in [-0.15, -0.1) is 0 Å². The van der Waals surface area contributed by atoms with Crippen molar-refractivity contribution in [1.82, 2.24) is 14.3 Å². The van der Waals surface area contributed by atoms with Gasteiger partial charge in [0.2, 0.25) is 0 Å². The highest BCUT2D eigenvalue weighted by Crippen LogP contribution is 2.31. The number of hydrogen-bond acceptors (Lipinski definition) is 6. The average Bonchev–Trinajstić information content (AvgIpc) is 2.98. The first-order valence-electron chi connectivity index (χ1n) is 7.31. The lowest BCUT2D eigenvalue weighted by atomic mass is 10.2. The summed E-state index contributed by atoms with van der Waals surface area (Å²) in [4.78, 5) is 11.9. The van der Waals surface area contributed by atoms with Crippen molar-refractivity contribution in [3.63, 3.8) is 0 Å². The number of ether oxygens (including phenoxy) is 1. The molecule has 0 bridgehead atoms. The topological polar surface area (TPSA) is 92.4 Å². The van der Waals surface area contributed by atoms with Crippen LogP contribution in [0.25, 0.3) is 11.0 Å². The van der Waals surface area contributed by atoms with Crippen molar-refractivity contribution >= 4 is 21.2 Å². The Kier molecular flexibility index (Phi) is 4.27. The summed E-state index contributed by atoms with van der Waals surface area (Å²) in [5, 5.41) is 4.08. The molecule has 0 N–H and O–H groups in total. The van der Waals surface area contributed by atoms with Gasteiger partial charge < -0.3 is 13.5 Å². The van der Waals surface area contributed by atoms with Crippen LogP contribution in [0.4, 0.5) is 13.2 Å². The predicted molar refractivity (Wildman–Crippen MR) is 79.4 cm³/mol. The Bertz CT molecular complexity index is 958. The molecule has 2 aromatic heterocycles. The number of fused-ring (bicyclic) bond motifs is 1. The van der Waals surface area contributed by atoms with Crippen molar-refractivity contribution < 1.29 is 30.5 Å². The summed E-state index contributed by atoms with van der Waals surface area (Å²) in [6.07, 6.45) is 3.38. The summed E-state index contributed by atoms with van der Waals surface area (Å²) in [5.41, 5.74) is -6.39. The number of hydrogen-bond donors (Lipinski definition) is 0. The van der Waals surface area contributed by atoms with Crippen molar-refractivity contribution in [2.45, 2.75) is 31.0 Å². The van der Waals surface area contributed by atoms with Crippen LogP contribution in [0.15, 0.2) is 17.1 Å². The third kappa shape index (κ3) is 3.23. The molecule has 3 rings (SSSR count). The molecule has 12 heteroatoms. The van der Waals surface area contributed by atoms with Crippen molar-refractivity contribution in [3.05, 3.63) is 22.6 Å². The smallest absolute Gasteiger partial charge is 0.373 e. The second kappa shape index (κ2) is 6.02. The molecule has 8 nitrogen and oxygen atoms in total. The van der Waals surface area contributed by atoms with E-state index in [-0.39, 0.29) is 11.0 Å². The Labute approximate surface area is 139 Å². The number of aryl methyl sites for hydroxylation is 1. The Morgan fingerprint density at radius 2 is 2.08 bits per heavy atom.